The van der Waals surface area contributed by atoms with Crippen LogP contribution in [0.15, 0.2) is 6.07 Å². The van der Waals surface area contributed by atoms with Gasteiger partial charge in [-0.2, -0.15) is 0 Å². The Morgan fingerprint density at radius 1 is 0.920 bits per heavy atom. The minimum atomic E-state index is -1.33. The van der Waals surface area contributed by atoms with Crippen molar-refractivity contribution >= 4 is 11.9 Å². The fourth-order valence-corrected chi connectivity index (χ4v) is 2.93. The molecule has 0 saturated carbocycles. The number of fused-ring (bicyclic) bond motifs is 2. The third-order valence-corrected chi connectivity index (χ3v) is 4.37. The van der Waals surface area contributed by atoms with Crippen molar-refractivity contribution in [3.63, 3.8) is 0 Å². The molecule has 0 saturated heterocycles. The van der Waals surface area contributed by atoms with Crippen molar-refractivity contribution < 1.29 is 34.4 Å². The number of carboxylic acid groups (broad SMARTS) is 1. The average molecular weight is 344 g/mol. The predicted molar refractivity (Wildman–Crippen MR) is 87.2 cm³/mol. The van der Waals surface area contributed by atoms with Gasteiger partial charge in [-0.1, -0.05) is 0 Å². The van der Waals surface area contributed by atoms with Crippen LogP contribution in [0, 0.1) is 27.7 Å². The molecular formula is C18H16O7. The maximum atomic E-state index is 12.6. The summed E-state index contributed by atoms with van der Waals surface area (Å²) in [5.74, 6) is -2.50. The molecule has 1 aliphatic heterocycles. The summed E-state index contributed by atoms with van der Waals surface area (Å²) in [6, 6.07) is 1.43. The molecule has 0 radical (unpaired) electrons. The van der Waals surface area contributed by atoms with E-state index in [2.05, 4.69) is 0 Å². The Morgan fingerprint density at radius 3 is 2.12 bits per heavy atom. The smallest absolute Gasteiger partial charge is 0.347 e. The maximum Gasteiger partial charge on any atom is 0.347 e. The molecule has 7 heteroatoms. The van der Waals surface area contributed by atoms with Crippen LogP contribution >= 0.6 is 0 Å². The molecule has 1 heterocycles. The SMILES string of the molecule is Cc1cc(O)c(C)c2c1C(=O)Oc1c(C)c(O)c(C(=O)O)c(C)c1O2. The number of esters is 1. The van der Waals surface area contributed by atoms with Gasteiger partial charge in [0, 0.05) is 16.7 Å². The van der Waals surface area contributed by atoms with Gasteiger partial charge >= 0.3 is 11.9 Å². The van der Waals surface area contributed by atoms with Crippen LogP contribution in [0.25, 0.3) is 0 Å². The molecule has 3 N–H and O–H groups in total. The van der Waals surface area contributed by atoms with E-state index in [4.69, 9.17) is 9.47 Å². The van der Waals surface area contributed by atoms with Crippen LogP contribution in [0.1, 0.15) is 43.0 Å². The number of carbonyl (C=O) groups excluding carboxylic acids is 1. The van der Waals surface area contributed by atoms with Gasteiger partial charge in [0.15, 0.2) is 11.5 Å². The first-order valence-corrected chi connectivity index (χ1v) is 7.47. The Morgan fingerprint density at radius 2 is 1.52 bits per heavy atom. The van der Waals surface area contributed by atoms with Crippen LogP contribution in [0.4, 0.5) is 0 Å². The van der Waals surface area contributed by atoms with E-state index in [1.807, 2.05) is 0 Å². The largest absolute Gasteiger partial charge is 0.508 e. The highest BCUT2D eigenvalue weighted by Gasteiger charge is 2.33. The van der Waals surface area contributed by atoms with Crippen molar-refractivity contribution in [1.29, 1.82) is 0 Å². The highest BCUT2D eigenvalue weighted by Crippen LogP contribution is 2.49. The van der Waals surface area contributed by atoms with Crippen molar-refractivity contribution in [1.82, 2.24) is 0 Å². The zero-order chi connectivity index (χ0) is 18.6. The molecule has 0 spiro atoms. The highest BCUT2D eigenvalue weighted by molar-refractivity contribution is 6.00. The van der Waals surface area contributed by atoms with E-state index in [1.165, 1.54) is 19.9 Å². The Kier molecular flexibility index (Phi) is 3.60. The number of phenolic OH excluding ortho intramolecular Hbond substituents is 1. The van der Waals surface area contributed by atoms with Crippen molar-refractivity contribution in [2.75, 3.05) is 0 Å². The molecule has 0 atom stereocenters. The molecule has 1 aliphatic rings. The van der Waals surface area contributed by atoms with Gasteiger partial charge in [-0.3, -0.25) is 0 Å². The molecule has 0 bridgehead atoms. The second kappa shape index (κ2) is 5.41. The Labute approximate surface area is 143 Å². The fourth-order valence-electron chi connectivity index (χ4n) is 2.93. The first-order chi connectivity index (χ1) is 11.6. The summed E-state index contributed by atoms with van der Waals surface area (Å²) in [6.45, 7) is 6.08. The number of aromatic hydroxyl groups is 2. The topological polar surface area (TPSA) is 113 Å². The van der Waals surface area contributed by atoms with Crippen molar-refractivity contribution in [2.45, 2.75) is 27.7 Å². The Bertz CT molecular complexity index is 957. The third-order valence-electron chi connectivity index (χ3n) is 4.37. The number of carboxylic acids is 1. The molecule has 0 aliphatic carbocycles. The lowest BCUT2D eigenvalue weighted by atomic mass is 10.0. The number of aryl methyl sites for hydroxylation is 1. The number of hydrogen-bond donors (Lipinski definition) is 3. The summed E-state index contributed by atoms with van der Waals surface area (Å²) in [7, 11) is 0. The molecule has 3 rings (SSSR count). The number of rotatable bonds is 1. The second-order valence-corrected chi connectivity index (χ2v) is 5.97. The molecule has 2 aromatic rings. The minimum absolute atomic E-state index is 0.0212. The Balaban J connectivity index is 2.39. The van der Waals surface area contributed by atoms with Crippen LogP contribution in [0.2, 0.25) is 0 Å². The van der Waals surface area contributed by atoms with E-state index in [-0.39, 0.29) is 45.3 Å². The summed E-state index contributed by atoms with van der Waals surface area (Å²) in [5, 5.41) is 29.6. The normalized spacial score (nSPS) is 12.6. The first kappa shape index (κ1) is 16.6. The second-order valence-electron chi connectivity index (χ2n) is 5.97. The molecule has 0 aromatic heterocycles. The van der Waals surface area contributed by atoms with Gasteiger partial charge in [-0.05, 0) is 39.3 Å². The molecule has 25 heavy (non-hydrogen) atoms. The third kappa shape index (κ3) is 2.27. The van der Waals surface area contributed by atoms with E-state index in [9.17, 15) is 24.9 Å². The van der Waals surface area contributed by atoms with Gasteiger partial charge in [-0.15, -0.1) is 0 Å². The van der Waals surface area contributed by atoms with E-state index in [0.29, 0.717) is 11.1 Å². The standard InChI is InChI=1S/C18H16O7/c1-6-5-10(19)7(2)14-11(6)18(23)25-16-9(4)13(20)12(17(21)22)8(3)15(16)24-14/h5,19-20H,1-4H3,(H,21,22). The van der Waals surface area contributed by atoms with Gasteiger partial charge in [0.2, 0.25) is 0 Å². The van der Waals surface area contributed by atoms with Crippen LogP contribution in [0.5, 0.6) is 28.7 Å². The zero-order valence-corrected chi connectivity index (χ0v) is 14.1. The Hall–Kier alpha value is -3.22. The number of carbonyl (C=O) groups is 2. The molecule has 130 valence electrons. The summed E-state index contributed by atoms with van der Waals surface area (Å²) in [4.78, 5) is 24.1. The summed E-state index contributed by atoms with van der Waals surface area (Å²) >= 11 is 0. The first-order valence-electron chi connectivity index (χ1n) is 7.47. The highest BCUT2D eigenvalue weighted by atomic mass is 16.6. The summed E-state index contributed by atoms with van der Waals surface area (Å²) in [5.41, 5.74) is 0.790. The number of benzene rings is 2. The molecule has 2 aromatic carbocycles. The van der Waals surface area contributed by atoms with Gasteiger partial charge in [0.05, 0.1) is 0 Å². The minimum Gasteiger partial charge on any atom is -0.508 e. The van der Waals surface area contributed by atoms with Crippen molar-refractivity contribution in [2.24, 2.45) is 0 Å². The van der Waals surface area contributed by atoms with E-state index >= 15 is 0 Å². The lowest BCUT2D eigenvalue weighted by Gasteiger charge is -2.17. The van der Waals surface area contributed by atoms with Gasteiger partial charge < -0.3 is 24.8 Å². The van der Waals surface area contributed by atoms with Gasteiger partial charge in [0.1, 0.15) is 28.4 Å². The van der Waals surface area contributed by atoms with E-state index in [0.717, 1.165) is 0 Å². The predicted octanol–water partition coefficient (Wildman–Crippen LogP) is 3.35. The molecular weight excluding hydrogens is 328 g/mol. The molecule has 0 unspecified atom stereocenters. The zero-order valence-electron chi connectivity index (χ0n) is 14.1. The van der Waals surface area contributed by atoms with Crippen LogP contribution in [-0.4, -0.2) is 27.3 Å². The quantitative estimate of drug-likeness (QED) is 0.537. The van der Waals surface area contributed by atoms with Crippen LogP contribution in [-0.2, 0) is 0 Å². The fraction of sp³-hybridized carbons (Fsp3) is 0.222. The number of aromatic carboxylic acids is 1. The molecule has 0 fully saturated rings. The number of phenols is 2. The van der Waals surface area contributed by atoms with E-state index in [1.54, 1.807) is 13.8 Å². The number of hydrogen-bond acceptors (Lipinski definition) is 6. The summed E-state index contributed by atoms with van der Waals surface area (Å²) < 4.78 is 11.2. The lowest BCUT2D eigenvalue weighted by Crippen LogP contribution is -2.11. The van der Waals surface area contributed by atoms with Crippen LogP contribution in [0.3, 0.4) is 0 Å². The van der Waals surface area contributed by atoms with Crippen molar-refractivity contribution in [3.8, 4) is 28.7 Å². The maximum absolute atomic E-state index is 12.6. The van der Waals surface area contributed by atoms with E-state index < -0.39 is 17.7 Å². The summed E-state index contributed by atoms with van der Waals surface area (Å²) in [6.07, 6.45) is 0. The molecule has 0 amide bonds. The lowest BCUT2D eigenvalue weighted by molar-refractivity contribution is 0.0692. The average Bonchev–Trinajstić information content (AvgIpc) is 2.67. The number of ether oxygens (including phenoxy) is 2. The van der Waals surface area contributed by atoms with Gasteiger partial charge in [-0.25, -0.2) is 9.59 Å². The van der Waals surface area contributed by atoms with Gasteiger partial charge in [0.25, 0.3) is 0 Å². The molecule has 7 nitrogen and oxygen atoms in total. The van der Waals surface area contributed by atoms with Crippen molar-refractivity contribution in [3.05, 3.63) is 39.4 Å². The monoisotopic (exact) mass is 344 g/mol. The van der Waals surface area contributed by atoms with Crippen LogP contribution < -0.4 is 9.47 Å².